The number of hydrogen-bond donors (Lipinski definition) is 0. The van der Waals surface area contributed by atoms with Crippen LogP contribution in [0.15, 0.2) is 41.1 Å². The second-order valence-corrected chi connectivity index (χ2v) is 7.11. The molecule has 0 spiro atoms. The van der Waals surface area contributed by atoms with E-state index in [1.807, 2.05) is 37.5 Å². The first-order valence-corrected chi connectivity index (χ1v) is 9.67. The molecule has 0 radical (unpaired) electrons. The highest BCUT2D eigenvalue weighted by molar-refractivity contribution is 5.91. The molecule has 3 heterocycles. The van der Waals surface area contributed by atoms with Gasteiger partial charge in [0.15, 0.2) is 5.76 Å². The van der Waals surface area contributed by atoms with Crippen molar-refractivity contribution in [1.29, 1.82) is 0 Å². The fourth-order valence-electron chi connectivity index (χ4n) is 3.61. The van der Waals surface area contributed by atoms with Crippen molar-refractivity contribution >= 4 is 5.91 Å². The van der Waals surface area contributed by atoms with Gasteiger partial charge in [-0.3, -0.25) is 14.7 Å². The predicted molar refractivity (Wildman–Crippen MR) is 102 cm³/mol. The molecule has 1 aliphatic heterocycles. The van der Waals surface area contributed by atoms with Crippen molar-refractivity contribution in [2.75, 3.05) is 20.1 Å². The fourth-order valence-corrected chi connectivity index (χ4v) is 3.61. The lowest BCUT2D eigenvalue weighted by molar-refractivity contribution is 0.0684. The minimum atomic E-state index is -0.0670. The molecule has 1 fully saturated rings. The Bertz CT molecular complexity index is 692. The Hall–Kier alpha value is -2.14. The lowest BCUT2D eigenvalue weighted by atomic mass is 10.0. The number of unbranched alkanes of at least 4 members (excludes halogenated alkanes) is 1. The average molecular weight is 355 g/mol. The van der Waals surface area contributed by atoms with Crippen LogP contribution in [-0.4, -0.2) is 40.8 Å². The van der Waals surface area contributed by atoms with Gasteiger partial charge in [-0.05, 0) is 56.1 Å². The normalized spacial score (nSPS) is 15.9. The van der Waals surface area contributed by atoms with E-state index in [0.29, 0.717) is 5.76 Å². The molecular weight excluding hydrogens is 326 g/mol. The monoisotopic (exact) mass is 355 g/mol. The maximum absolute atomic E-state index is 13.0. The van der Waals surface area contributed by atoms with Crippen molar-refractivity contribution in [3.8, 4) is 0 Å². The zero-order valence-electron chi connectivity index (χ0n) is 15.9. The van der Waals surface area contributed by atoms with Gasteiger partial charge in [0, 0.05) is 19.4 Å². The molecule has 26 heavy (non-hydrogen) atoms. The summed E-state index contributed by atoms with van der Waals surface area (Å²) in [6.07, 6.45) is 9.20. The highest BCUT2D eigenvalue weighted by Crippen LogP contribution is 2.27. The Morgan fingerprint density at radius 2 is 2.12 bits per heavy atom. The summed E-state index contributed by atoms with van der Waals surface area (Å²) in [5.74, 6) is 1.23. The Labute approximate surface area is 156 Å². The van der Waals surface area contributed by atoms with Crippen LogP contribution in [0.1, 0.15) is 66.9 Å². The fraction of sp³-hybridized carbons (Fsp3) is 0.524. The number of nitrogens with zero attached hydrogens (tertiary/aromatic N) is 3. The molecule has 1 unspecified atom stereocenters. The first-order chi connectivity index (χ1) is 12.7. The summed E-state index contributed by atoms with van der Waals surface area (Å²) in [4.78, 5) is 21.4. The summed E-state index contributed by atoms with van der Waals surface area (Å²) >= 11 is 0. The Kier molecular flexibility index (Phi) is 6.45. The van der Waals surface area contributed by atoms with Gasteiger partial charge in [-0.2, -0.15) is 0 Å². The second kappa shape index (κ2) is 8.99. The molecule has 140 valence electrons. The Morgan fingerprint density at radius 3 is 2.81 bits per heavy atom. The molecule has 2 aromatic rings. The van der Waals surface area contributed by atoms with Gasteiger partial charge in [0.05, 0.1) is 12.6 Å². The molecule has 5 nitrogen and oxygen atoms in total. The van der Waals surface area contributed by atoms with E-state index < -0.39 is 0 Å². The van der Waals surface area contributed by atoms with E-state index in [4.69, 9.17) is 4.42 Å². The third-order valence-corrected chi connectivity index (χ3v) is 5.14. The summed E-state index contributed by atoms with van der Waals surface area (Å²) < 4.78 is 5.87. The topological polar surface area (TPSA) is 49.6 Å². The SMILES string of the molecule is CCCCC(c1cccnc1)N(C)C(=O)c1ccc(CN2CCCC2)o1. The highest BCUT2D eigenvalue weighted by atomic mass is 16.4. The third-order valence-electron chi connectivity index (χ3n) is 5.14. The van der Waals surface area contributed by atoms with Gasteiger partial charge in [-0.25, -0.2) is 0 Å². The van der Waals surface area contributed by atoms with E-state index in [1.165, 1.54) is 12.8 Å². The van der Waals surface area contributed by atoms with Gasteiger partial charge in [0.25, 0.3) is 5.91 Å². The third kappa shape index (κ3) is 4.52. The molecule has 1 amide bonds. The molecule has 0 bridgehead atoms. The molecule has 0 saturated carbocycles. The summed E-state index contributed by atoms with van der Waals surface area (Å²) in [6, 6.07) is 7.73. The van der Waals surface area contributed by atoms with Crippen LogP contribution in [0.25, 0.3) is 0 Å². The van der Waals surface area contributed by atoms with Crippen LogP contribution in [0.5, 0.6) is 0 Å². The van der Waals surface area contributed by atoms with Crippen molar-refractivity contribution in [2.45, 2.75) is 51.6 Å². The van der Waals surface area contributed by atoms with E-state index in [9.17, 15) is 4.79 Å². The molecule has 5 heteroatoms. The van der Waals surface area contributed by atoms with Gasteiger partial charge < -0.3 is 9.32 Å². The quantitative estimate of drug-likeness (QED) is 0.709. The number of carbonyl (C=O) groups is 1. The second-order valence-electron chi connectivity index (χ2n) is 7.11. The largest absolute Gasteiger partial charge is 0.455 e. The van der Waals surface area contributed by atoms with Crippen LogP contribution in [0.3, 0.4) is 0 Å². The van der Waals surface area contributed by atoms with Crippen molar-refractivity contribution in [1.82, 2.24) is 14.8 Å². The van der Waals surface area contributed by atoms with Crippen LogP contribution in [0, 0.1) is 0 Å². The van der Waals surface area contributed by atoms with Crippen molar-refractivity contribution < 1.29 is 9.21 Å². The van der Waals surface area contributed by atoms with Crippen LogP contribution in [0.4, 0.5) is 0 Å². The first kappa shape index (κ1) is 18.6. The standard InChI is InChI=1S/C21H29N3O2/c1-3-4-9-19(17-8-7-12-22-15-17)23(2)21(25)20-11-10-18(26-20)16-24-13-5-6-14-24/h7-8,10-12,15,19H,3-6,9,13-14,16H2,1-2H3. The Morgan fingerprint density at radius 1 is 1.31 bits per heavy atom. The molecule has 3 rings (SSSR count). The summed E-state index contributed by atoms with van der Waals surface area (Å²) in [7, 11) is 1.86. The average Bonchev–Trinajstić information content (AvgIpc) is 3.35. The van der Waals surface area contributed by atoms with E-state index >= 15 is 0 Å². The number of amides is 1. The zero-order chi connectivity index (χ0) is 18.4. The molecule has 2 aromatic heterocycles. The van der Waals surface area contributed by atoms with Gasteiger partial charge >= 0.3 is 0 Å². The number of rotatable bonds is 8. The first-order valence-electron chi connectivity index (χ1n) is 9.67. The van der Waals surface area contributed by atoms with Crippen LogP contribution < -0.4 is 0 Å². The smallest absolute Gasteiger partial charge is 0.289 e. The van der Waals surface area contributed by atoms with Gasteiger partial charge in [-0.15, -0.1) is 0 Å². The number of pyridine rings is 1. The molecule has 1 aliphatic rings. The number of aromatic nitrogens is 1. The molecule has 1 saturated heterocycles. The summed E-state index contributed by atoms with van der Waals surface area (Å²) in [6.45, 7) is 5.19. The Balaban J connectivity index is 1.70. The van der Waals surface area contributed by atoms with Crippen molar-refractivity contribution in [3.05, 3.63) is 53.7 Å². The van der Waals surface area contributed by atoms with Gasteiger partial charge in [0.2, 0.25) is 0 Å². The summed E-state index contributed by atoms with van der Waals surface area (Å²) in [5, 5.41) is 0. The van der Waals surface area contributed by atoms with Crippen LogP contribution >= 0.6 is 0 Å². The summed E-state index contributed by atoms with van der Waals surface area (Å²) in [5.41, 5.74) is 1.07. The minimum absolute atomic E-state index is 0.0169. The number of likely N-dealkylation sites (tertiary alicyclic amines) is 1. The highest BCUT2D eigenvalue weighted by Gasteiger charge is 2.25. The van der Waals surface area contributed by atoms with Crippen LogP contribution in [0.2, 0.25) is 0 Å². The zero-order valence-corrected chi connectivity index (χ0v) is 15.9. The van der Waals surface area contributed by atoms with E-state index in [0.717, 1.165) is 50.2 Å². The lowest BCUT2D eigenvalue weighted by Crippen LogP contribution is -2.31. The van der Waals surface area contributed by atoms with E-state index in [-0.39, 0.29) is 11.9 Å². The molecule has 0 aliphatic carbocycles. The predicted octanol–water partition coefficient (Wildman–Crippen LogP) is 4.27. The number of hydrogen-bond acceptors (Lipinski definition) is 4. The van der Waals surface area contributed by atoms with E-state index in [2.05, 4.69) is 16.8 Å². The maximum Gasteiger partial charge on any atom is 0.289 e. The van der Waals surface area contributed by atoms with Crippen LogP contribution in [-0.2, 0) is 6.54 Å². The number of carbonyl (C=O) groups excluding carboxylic acids is 1. The number of furan rings is 1. The lowest BCUT2D eigenvalue weighted by Gasteiger charge is -2.27. The van der Waals surface area contributed by atoms with Gasteiger partial charge in [0.1, 0.15) is 5.76 Å². The molecule has 0 N–H and O–H groups in total. The van der Waals surface area contributed by atoms with Gasteiger partial charge in [-0.1, -0.05) is 25.8 Å². The van der Waals surface area contributed by atoms with Crippen molar-refractivity contribution in [3.63, 3.8) is 0 Å². The maximum atomic E-state index is 13.0. The minimum Gasteiger partial charge on any atom is -0.455 e. The van der Waals surface area contributed by atoms with E-state index in [1.54, 1.807) is 11.1 Å². The molecular formula is C21H29N3O2. The molecule has 0 aromatic carbocycles. The molecule has 1 atom stereocenters. The van der Waals surface area contributed by atoms with Crippen molar-refractivity contribution in [2.24, 2.45) is 0 Å².